The monoisotopic (exact) mass is 369 g/mol. The summed E-state index contributed by atoms with van der Waals surface area (Å²) in [6.45, 7) is 2.30. The summed E-state index contributed by atoms with van der Waals surface area (Å²) in [5.41, 5.74) is 2.03. The van der Waals surface area contributed by atoms with E-state index in [0.717, 1.165) is 36.9 Å². The summed E-state index contributed by atoms with van der Waals surface area (Å²) in [5, 5.41) is 11.3. The predicted octanol–water partition coefficient (Wildman–Crippen LogP) is 3.28. The molecule has 1 aromatic heterocycles. The van der Waals surface area contributed by atoms with E-state index in [-0.39, 0.29) is 0 Å². The molecule has 0 unspecified atom stereocenters. The smallest absolute Gasteiger partial charge is 0.191 e. The maximum absolute atomic E-state index is 5.96. The molecule has 1 aliphatic rings. The molecule has 3 rings (SSSR count). The van der Waals surface area contributed by atoms with Crippen molar-refractivity contribution in [2.24, 2.45) is 4.99 Å². The standard InChI is InChI=1S/C21H31N5O/c1-22-21(23-14-8-16-27-20-11-6-3-7-12-20)24-17-18-13-15-26(25-18)19-9-4-2-5-10-19/h2,4-5,9-10,13,15,20H,3,6-8,11-12,14,16-17H2,1H3,(H2,22,23,24). The number of hydrogen-bond donors (Lipinski definition) is 2. The highest BCUT2D eigenvalue weighted by Gasteiger charge is 2.13. The van der Waals surface area contributed by atoms with Crippen LogP contribution in [0.5, 0.6) is 0 Å². The Hall–Kier alpha value is -2.34. The predicted molar refractivity (Wildman–Crippen MR) is 109 cm³/mol. The minimum absolute atomic E-state index is 0.482. The van der Waals surface area contributed by atoms with Crippen LogP contribution in [0.3, 0.4) is 0 Å². The van der Waals surface area contributed by atoms with Crippen molar-refractivity contribution < 1.29 is 4.74 Å². The molecule has 1 saturated carbocycles. The number of benzene rings is 1. The topological polar surface area (TPSA) is 63.5 Å². The highest BCUT2D eigenvalue weighted by Crippen LogP contribution is 2.20. The molecule has 0 aliphatic heterocycles. The van der Waals surface area contributed by atoms with E-state index in [2.05, 4.69) is 20.7 Å². The SMILES string of the molecule is CN=C(NCCCOC1CCCCC1)NCc1ccn(-c2ccccc2)n1. The molecule has 0 saturated heterocycles. The van der Waals surface area contributed by atoms with Crippen molar-refractivity contribution in [1.29, 1.82) is 0 Å². The van der Waals surface area contributed by atoms with Gasteiger partial charge in [0.25, 0.3) is 0 Å². The fourth-order valence-corrected chi connectivity index (χ4v) is 3.34. The zero-order valence-electron chi connectivity index (χ0n) is 16.2. The Morgan fingerprint density at radius 1 is 1.15 bits per heavy atom. The molecule has 146 valence electrons. The van der Waals surface area contributed by atoms with Gasteiger partial charge in [0.15, 0.2) is 5.96 Å². The van der Waals surface area contributed by atoms with Gasteiger partial charge in [-0.3, -0.25) is 4.99 Å². The number of ether oxygens (including phenoxy) is 1. The van der Waals surface area contributed by atoms with E-state index in [1.807, 2.05) is 47.3 Å². The van der Waals surface area contributed by atoms with Gasteiger partial charge in [-0.2, -0.15) is 5.10 Å². The summed E-state index contributed by atoms with van der Waals surface area (Å²) >= 11 is 0. The van der Waals surface area contributed by atoms with Crippen LogP contribution < -0.4 is 10.6 Å². The molecule has 1 fully saturated rings. The van der Waals surface area contributed by atoms with Crippen molar-refractivity contribution >= 4 is 5.96 Å². The second-order valence-corrected chi connectivity index (χ2v) is 6.92. The molecule has 0 spiro atoms. The highest BCUT2D eigenvalue weighted by molar-refractivity contribution is 5.79. The van der Waals surface area contributed by atoms with Crippen LogP contribution in [0, 0.1) is 0 Å². The lowest BCUT2D eigenvalue weighted by Crippen LogP contribution is -2.37. The Kier molecular flexibility index (Phi) is 7.71. The van der Waals surface area contributed by atoms with E-state index in [1.54, 1.807) is 7.05 Å². The summed E-state index contributed by atoms with van der Waals surface area (Å²) in [6.07, 6.45) is 9.91. The summed E-state index contributed by atoms with van der Waals surface area (Å²) < 4.78 is 7.84. The average Bonchev–Trinajstić information content (AvgIpc) is 3.20. The van der Waals surface area contributed by atoms with Crippen LogP contribution in [0.2, 0.25) is 0 Å². The maximum atomic E-state index is 5.96. The van der Waals surface area contributed by atoms with E-state index < -0.39 is 0 Å². The molecule has 2 N–H and O–H groups in total. The van der Waals surface area contributed by atoms with Crippen molar-refractivity contribution in [3.63, 3.8) is 0 Å². The van der Waals surface area contributed by atoms with Crippen molar-refractivity contribution in [2.75, 3.05) is 20.2 Å². The highest BCUT2D eigenvalue weighted by atomic mass is 16.5. The number of nitrogens with zero attached hydrogens (tertiary/aromatic N) is 3. The quantitative estimate of drug-likeness (QED) is 0.426. The number of aromatic nitrogens is 2. The van der Waals surface area contributed by atoms with Gasteiger partial charge >= 0.3 is 0 Å². The third kappa shape index (κ3) is 6.40. The largest absolute Gasteiger partial charge is 0.378 e. The number of hydrogen-bond acceptors (Lipinski definition) is 3. The minimum atomic E-state index is 0.482. The van der Waals surface area contributed by atoms with Gasteiger partial charge in [-0.15, -0.1) is 0 Å². The molecular formula is C21H31N5O. The molecule has 0 bridgehead atoms. The van der Waals surface area contributed by atoms with E-state index in [1.165, 1.54) is 32.1 Å². The Balaban J connectivity index is 1.34. The number of nitrogens with one attached hydrogen (secondary N) is 2. The molecular weight excluding hydrogens is 338 g/mol. The number of aliphatic imine (C=N–C) groups is 1. The zero-order valence-corrected chi connectivity index (χ0v) is 16.2. The Morgan fingerprint density at radius 2 is 1.96 bits per heavy atom. The van der Waals surface area contributed by atoms with Crippen LogP contribution in [0.25, 0.3) is 5.69 Å². The Morgan fingerprint density at radius 3 is 2.74 bits per heavy atom. The second-order valence-electron chi connectivity index (χ2n) is 6.92. The van der Waals surface area contributed by atoms with Crippen molar-refractivity contribution in [1.82, 2.24) is 20.4 Å². The first kappa shape index (κ1) is 19.4. The molecule has 6 nitrogen and oxygen atoms in total. The minimum Gasteiger partial charge on any atom is -0.378 e. The van der Waals surface area contributed by atoms with Gasteiger partial charge in [-0.05, 0) is 37.5 Å². The first-order valence-corrected chi connectivity index (χ1v) is 10.0. The number of para-hydroxylation sites is 1. The lowest BCUT2D eigenvalue weighted by Gasteiger charge is -2.22. The third-order valence-electron chi connectivity index (χ3n) is 4.84. The number of rotatable bonds is 8. The van der Waals surface area contributed by atoms with Gasteiger partial charge in [0.1, 0.15) is 0 Å². The molecule has 27 heavy (non-hydrogen) atoms. The molecule has 0 radical (unpaired) electrons. The zero-order chi connectivity index (χ0) is 18.7. The molecule has 1 aliphatic carbocycles. The second kappa shape index (κ2) is 10.7. The Bertz CT molecular complexity index is 692. The van der Waals surface area contributed by atoms with Crippen LogP contribution in [0.1, 0.15) is 44.2 Å². The van der Waals surface area contributed by atoms with Crippen molar-refractivity contribution in [3.8, 4) is 5.69 Å². The van der Waals surface area contributed by atoms with Crippen molar-refractivity contribution in [3.05, 3.63) is 48.3 Å². The van der Waals surface area contributed by atoms with E-state index in [0.29, 0.717) is 12.6 Å². The van der Waals surface area contributed by atoms with Gasteiger partial charge in [-0.25, -0.2) is 4.68 Å². The normalized spacial score (nSPS) is 15.7. The van der Waals surface area contributed by atoms with Gasteiger partial charge in [0.05, 0.1) is 24.0 Å². The summed E-state index contributed by atoms with van der Waals surface area (Å²) in [5.74, 6) is 0.793. The molecule has 2 aromatic rings. The van der Waals surface area contributed by atoms with Crippen LogP contribution in [-0.2, 0) is 11.3 Å². The number of guanidine groups is 1. The summed E-state index contributed by atoms with van der Waals surface area (Å²) in [6, 6.07) is 12.1. The maximum Gasteiger partial charge on any atom is 0.191 e. The first-order chi connectivity index (χ1) is 13.3. The van der Waals surface area contributed by atoms with Crippen LogP contribution >= 0.6 is 0 Å². The van der Waals surface area contributed by atoms with Crippen molar-refractivity contribution in [2.45, 2.75) is 51.2 Å². The van der Waals surface area contributed by atoms with Gasteiger partial charge < -0.3 is 15.4 Å². The van der Waals surface area contributed by atoms with E-state index >= 15 is 0 Å². The molecule has 1 heterocycles. The van der Waals surface area contributed by atoms with Gasteiger partial charge in [0, 0.05) is 26.4 Å². The first-order valence-electron chi connectivity index (χ1n) is 10.0. The fourth-order valence-electron chi connectivity index (χ4n) is 3.34. The molecule has 0 atom stereocenters. The fraction of sp³-hybridized carbons (Fsp3) is 0.524. The molecule has 6 heteroatoms. The van der Waals surface area contributed by atoms with Crippen LogP contribution in [0.15, 0.2) is 47.6 Å². The van der Waals surface area contributed by atoms with E-state index in [4.69, 9.17) is 4.74 Å². The average molecular weight is 370 g/mol. The van der Waals surface area contributed by atoms with Crippen LogP contribution in [-0.4, -0.2) is 42.0 Å². The molecule has 1 aromatic carbocycles. The van der Waals surface area contributed by atoms with Gasteiger partial charge in [-0.1, -0.05) is 37.5 Å². The van der Waals surface area contributed by atoms with E-state index in [9.17, 15) is 0 Å². The lowest BCUT2D eigenvalue weighted by molar-refractivity contribution is 0.0277. The summed E-state index contributed by atoms with van der Waals surface area (Å²) in [4.78, 5) is 4.27. The third-order valence-corrected chi connectivity index (χ3v) is 4.84. The Labute approximate surface area is 162 Å². The lowest BCUT2D eigenvalue weighted by atomic mass is 9.98. The molecule has 0 amide bonds. The van der Waals surface area contributed by atoms with Gasteiger partial charge in [0.2, 0.25) is 0 Å². The summed E-state index contributed by atoms with van der Waals surface area (Å²) in [7, 11) is 1.79. The van der Waals surface area contributed by atoms with Crippen LogP contribution in [0.4, 0.5) is 0 Å².